The number of thiophene rings is 1. The summed E-state index contributed by atoms with van der Waals surface area (Å²) in [5.41, 5.74) is 1.28. The van der Waals surface area contributed by atoms with Crippen molar-refractivity contribution in [1.29, 1.82) is 0 Å². The number of halogens is 1. The van der Waals surface area contributed by atoms with Gasteiger partial charge in [-0.1, -0.05) is 23.7 Å². The van der Waals surface area contributed by atoms with Crippen molar-refractivity contribution in [3.63, 3.8) is 0 Å². The first-order chi connectivity index (χ1) is 15.3. The van der Waals surface area contributed by atoms with Crippen LogP contribution in [0.3, 0.4) is 0 Å². The van der Waals surface area contributed by atoms with Crippen LogP contribution in [0.1, 0.15) is 44.7 Å². The molecule has 0 spiro atoms. The number of aryl methyl sites for hydroxylation is 1. The molecular formula is C22H24ClN3O3S3. The minimum absolute atomic E-state index is 0.153. The number of thiazole rings is 1. The van der Waals surface area contributed by atoms with E-state index >= 15 is 0 Å². The van der Waals surface area contributed by atoms with Gasteiger partial charge in [0.2, 0.25) is 10.0 Å². The monoisotopic (exact) mass is 509 g/mol. The molecule has 3 heterocycles. The van der Waals surface area contributed by atoms with Crippen LogP contribution in [0.5, 0.6) is 0 Å². The summed E-state index contributed by atoms with van der Waals surface area (Å²) in [5, 5.41) is 8.07. The lowest BCUT2D eigenvalue weighted by Crippen LogP contribution is -2.37. The molecule has 1 amide bonds. The quantitative estimate of drug-likeness (QED) is 0.500. The van der Waals surface area contributed by atoms with E-state index in [1.54, 1.807) is 28.8 Å². The summed E-state index contributed by atoms with van der Waals surface area (Å²) in [6, 6.07) is 8.90. The summed E-state index contributed by atoms with van der Waals surface area (Å²) in [4.78, 5) is 18.4. The number of rotatable bonds is 7. The van der Waals surface area contributed by atoms with E-state index in [0.29, 0.717) is 43.2 Å². The maximum atomic E-state index is 13.0. The van der Waals surface area contributed by atoms with Crippen molar-refractivity contribution in [2.24, 2.45) is 0 Å². The number of carbonyl (C=O) groups excluding carboxylic acids is 1. The molecular weight excluding hydrogens is 486 g/mol. The Morgan fingerprint density at radius 1 is 1.25 bits per heavy atom. The number of sulfonamides is 1. The SMILES string of the molecule is Cc1ccc(S(=O)(=O)N2CCC(c3nc(C(=O)NCCc4cccs4)cs3)CC2)cc1Cl. The van der Waals surface area contributed by atoms with Crippen molar-refractivity contribution in [3.05, 3.63) is 67.3 Å². The lowest BCUT2D eigenvalue weighted by Gasteiger charge is -2.30. The maximum Gasteiger partial charge on any atom is 0.270 e. The van der Waals surface area contributed by atoms with Gasteiger partial charge >= 0.3 is 0 Å². The van der Waals surface area contributed by atoms with Gasteiger partial charge in [0, 0.05) is 40.8 Å². The van der Waals surface area contributed by atoms with Crippen molar-refractivity contribution in [3.8, 4) is 0 Å². The van der Waals surface area contributed by atoms with E-state index in [1.165, 1.54) is 26.6 Å². The summed E-state index contributed by atoms with van der Waals surface area (Å²) >= 11 is 9.27. The fourth-order valence-electron chi connectivity index (χ4n) is 3.65. The Kier molecular flexibility index (Phi) is 7.31. The molecule has 0 bridgehead atoms. The Morgan fingerprint density at radius 2 is 2.03 bits per heavy atom. The summed E-state index contributed by atoms with van der Waals surface area (Å²) in [6.07, 6.45) is 2.15. The van der Waals surface area contributed by atoms with Gasteiger partial charge < -0.3 is 5.32 Å². The Morgan fingerprint density at radius 3 is 2.72 bits per heavy atom. The molecule has 0 unspecified atom stereocenters. The smallest absolute Gasteiger partial charge is 0.270 e. The number of hydrogen-bond donors (Lipinski definition) is 1. The lowest BCUT2D eigenvalue weighted by molar-refractivity contribution is 0.0949. The highest BCUT2D eigenvalue weighted by Crippen LogP contribution is 2.33. The Balaban J connectivity index is 1.33. The predicted molar refractivity (Wildman–Crippen MR) is 129 cm³/mol. The minimum Gasteiger partial charge on any atom is -0.350 e. The second-order valence-corrected chi connectivity index (χ2v) is 12.0. The van der Waals surface area contributed by atoms with Crippen molar-refractivity contribution in [2.45, 2.75) is 37.0 Å². The number of nitrogens with zero attached hydrogens (tertiary/aromatic N) is 2. The molecule has 10 heteroatoms. The Hall–Kier alpha value is -1.78. The first-order valence-electron chi connectivity index (χ1n) is 10.4. The molecule has 2 aromatic heterocycles. The van der Waals surface area contributed by atoms with E-state index < -0.39 is 10.0 Å². The van der Waals surface area contributed by atoms with Crippen LogP contribution >= 0.6 is 34.3 Å². The number of amides is 1. The van der Waals surface area contributed by atoms with Gasteiger partial charge in [-0.2, -0.15) is 4.31 Å². The van der Waals surface area contributed by atoms with Crippen LogP contribution in [0.4, 0.5) is 0 Å². The second kappa shape index (κ2) is 10.0. The van der Waals surface area contributed by atoms with E-state index in [1.807, 2.05) is 18.4 Å². The number of benzene rings is 1. The molecule has 4 rings (SSSR count). The summed E-state index contributed by atoms with van der Waals surface area (Å²) in [7, 11) is -3.58. The Labute approximate surface area is 201 Å². The van der Waals surface area contributed by atoms with Gasteiger partial charge in [0.15, 0.2) is 0 Å². The van der Waals surface area contributed by atoms with Crippen LogP contribution in [-0.4, -0.2) is 43.2 Å². The van der Waals surface area contributed by atoms with E-state index in [-0.39, 0.29) is 16.7 Å². The molecule has 1 aliphatic rings. The van der Waals surface area contributed by atoms with Gasteiger partial charge in [-0.05, 0) is 55.3 Å². The fraction of sp³-hybridized carbons (Fsp3) is 0.364. The normalized spacial score (nSPS) is 15.7. The molecule has 0 aliphatic carbocycles. The molecule has 1 saturated heterocycles. The molecule has 1 N–H and O–H groups in total. The molecule has 1 aliphatic heterocycles. The first kappa shape index (κ1) is 23.4. The second-order valence-electron chi connectivity index (χ2n) is 7.75. The van der Waals surface area contributed by atoms with Gasteiger partial charge in [-0.3, -0.25) is 4.79 Å². The molecule has 32 heavy (non-hydrogen) atoms. The van der Waals surface area contributed by atoms with Crippen molar-refractivity contribution in [1.82, 2.24) is 14.6 Å². The van der Waals surface area contributed by atoms with E-state index in [2.05, 4.69) is 16.4 Å². The third-order valence-corrected chi connectivity index (χ3v) is 9.82. The number of nitrogens with one attached hydrogen (secondary N) is 1. The standard InChI is InChI=1S/C22H24ClN3O3S3/c1-15-4-5-18(13-19(15)23)32(28,29)26-10-7-16(8-11-26)22-25-20(14-31-22)21(27)24-9-6-17-3-2-12-30-17/h2-5,12-14,16H,6-11H2,1H3,(H,24,27). The van der Waals surface area contributed by atoms with Gasteiger partial charge in [0.05, 0.1) is 9.90 Å². The molecule has 1 fully saturated rings. The topological polar surface area (TPSA) is 79.4 Å². The zero-order valence-corrected chi connectivity index (χ0v) is 20.8. The largest absolute Gasteiger partial charge is 0.350 e. The molecule has 170 valence electrons. The lowest BCUT2D eigenvalue weighted by atomic mass is 9.99. The van der Waals surface area contributed by atoms with E-state index in [0.717, 1.165) is 17.0 Å². The van der Waals surface area contributed by atoms with Gasteiger partial charge in [0.25, 0.3) is 5.91 Å². The molecule has 6 nitrogen and oxygen atoms in total. The highest BCUT2D eigenvalue weighted by atomic mass is 35.5. The van der Waals surface area contributed by atoms with Crippen LogP contribution in [0.2, 0.25) is 5.02 Å². The molecule has 3 aromatic rings. The van der Waals surface area contributed by atoms with Crippen LogP contribution in [-0.2, 0) is 16.4 Å². The molecule has 0 atom stereocenters. The zero-order valence-electron chi connectivity index (χ0n) is 17.6. The molecule has 1 aromatic carbocycles. The van der Waals surface area contributed by atoms with E-state index in [9.17, 15) is 13.2 Å². The number of hydrogen-bond acceptors (Lipinski definition) is 6. The number of aromatic nitrogens is 1. The third kappa shape index (κ3) is 5.23. The summed E-state index contributed by atoms with van der Waals surface area (Å²) in [5.74, 6) is -0.0129. The first-order valence-corrected chi connectivity index (χ1v) is 13.9. The zero-order chi connectivity index (χ0) is 22.7. The third-order valence-electron chi connectivity index (χ3n) is 5.58. The van der Waals surface area contributed by atoms with E-state index in [4.69, 9.17) is 11.6 Å². The number of carbonyl (C=O) groups is 1. The fourth-order valence-corrected chi connectivity index (χ4v) is 7.07. The van der Waals surface area contributed by atoms with Crippen LogP contribution in [0, 0.1) is 6.92 Å². The predicted octanol–water partition coefficient (Wildman–Crippen LogP) is 4.71. The van der Waals surface area contributed by atoms with Gasteiger partial charge in [-0.15, -0.1) is 22.7 Å². The average Bonchev–Trinajstić information content (AvgIpc) is 3.48. The highest BCUT2D eigenvalue weighted by Gasteiger charge is 2.31. The summed E-state index contributed by atoms with van der Waals surface area (Å²) in [6.45, 7) is 3.25. The Bertz CT molecular complexity index is 1180. The average molecular weight is 510 g/mol. The molecule has 0 radical (unpaired) electrons. The minimum atomic E-state index is -3.58. The molecule has 0 saturated carbocycles. The highest BCUT2D eigenvalue weighted by molar-refractivity contribution is 7.89. The summed E-state index contributed by atoms with van der Waals surface area (Å²) < 4.78 is 27.5. The van der Waals surface area contributed by atoms with Crippen molar-refractivity contribution < 1.29 is 13.2 Å². The van der Waals surface area contributed by atoms with Crippen LogP contribution < -0.4 is 5.32 Å². The van der Waals surface area contributed by atoms with Crippen LogP contribution in [0.15, 0.2) is 46.0 Å². The van der Waals surface area contributed by atoms with Crippen LogP contribution in [0.25, 0.3) is 0 Å². The number of piperidine rings is 1. The maximum absolute atomic E-state index is 13.0. The van der Waals surface area contributed by atoms with Gasteiger partial charge in [-0.25, -0.2) is 13.4 Å². The van der Waals surface area contributed by atoms with Crippen molar-refractivity contribution >= 4 is 50.2 Å². The van der Waals surface area contributed by atoms with Gasteiger partial charge in [0.1, 0.15) is 5.69 Å². The van der Waals surface area contributed by atoms with Crippen molar-refractivity contribution in [2.75, 3.05) is 19.6 Å².